The Morgan fingerprint density at radius 2 is 1.96 bits per heavy atom. The summed E-state index contributed by atoms with van der Waals surface area (Å²) in [5.74, 6) is -0.186. The summed E-state index contributed by atoms with van der Waals surface area (Å²) in [6.07, 6.45) is 4.40. The Balaban J connectivity index is 1.52. The number of fused-ring (bicyclic) bond motifs is 1. The highest BCUT2D eigenvalue weighted by molar-refractivity contribution is 6.12. The number of carbonyl (C=O) groups excluding carboxylic acids is 1. The average Bonchev–Trinajstić information content (AvgIpc) is 3.24. The van der Waals surface area contributed by atoms with Gasteiger partial charge in [0.25, 0.3) is 5.91 Å². The maximum absolute atomic E-state index is 12.9. The van der Waals surface area contributed by atoms with E-state index in [0.29, 0.717) is 16.9 Å². The van der Waals surface area contributed by atoms with Gasteiger partial charge in [0.05, 0.1) is 28.5 Å². The molecule has 0 atom stereocenters. The molecule has 4 aromatic rings. The number of nitrogens with zero attached hydrogens (tertiary/aromatic N) is 5. The topological polar surface area (TPSA) is 77.6 Å². The molecule has 7 heteroatoms. The third kappa shape index (κ3) is 3.51. The summed E-state index contributed by atoms with van der Waals surface area (Å²) in [5, 5.41) is 12.5. The second kappa shape index (κ2) is 7.26. The number of carbonyl (C=O) groups is 1. The van der Waals surface area contributed by atoms with Crippen LogP contribution in [0.15, 0.2) is 48.8 Å². The molecule has 1 amide bonds. The van der Waals surface area contributed by atoms with Crippen molar-refractivity contribution in [2.45, 2.75) is 26.8 Å². The minimum atomic E-state index is -0.186. The molecule has 0 saturated heterocycles. The van der Waals surface area contributed by atoms with Gasteiger partial charge in [0, 0.05) is 25.5 Å². The SMILES string of the molecule is Cc1cc(C(=O)Nc2cnn(CCc3ccccc3)c2)c2c(C)nn(C)c2n1. The number of aryl methyl sites for hydroxylation is 5. The van der Waals surface area contributed by atoms with E-state index in [1.54, 1.807) is 16.9 Å². The molecule has 3 aromatic heterocycles. The van der Waals surface area contributed by atoms with Crippen molar-refractivity contribution in [1.82, 2.24) is 24.5 Å². The lowest BCUT2D eigenvalue weighted by Crippen LogP contribution is -2.13. The first-order chi connectivity index (χ1) is 13.5. The normalized spacial score (nSPS) is 11.1. The zero-order valence-corrected chi connectivity index (χ0v) is 16.2. The molecule has 3 heterocycles. The Bertz CT molecular complexity index is 1140. The lowest BCUT2D eigenvalue weighted by Gasteiger charge is -2.06. The number of nitrogens with one attached hydrogen (secondary N) is 1. The van der Waals surface area contributed by atoms with E-state index in [-0.39, 0.29) is 5.91 Å². The molecule has 7 nitrogen and oxygen atoms in total. The minimum absolute atomic E-state index is 0.186. The zero-order chi connectivity index (χ0) is 19.7. The molecular formula is C21H22N6O. The molecule has 4 rings (SSSR count). The number of pyridine rings is 1. The summed E-state index contributed by atoms with van der Waals surface area (Å²) < 4.78 is 3.54. The molecule has 0 bridgehead atoms. The summed E-state index contributed by atoms with van der Waals surface area (Å²) in [6, 6.07) is 12.1. The highest BCUT2D eigenvalue weighted by Gasteiger charge is 2.18. The van der Waals surface area contributed by atoms with Crippen molar-refractivity contribution in [1.29, 1.82) is 0 Å². The summed E-state index contributed by atoms with van der Waals surface area (Å²) >= 11 is 0. The first kappa shape index (κ1) is 17.9. The van der Waals surface area contributed by atoms with Crippen LogP contribution in [0.25, 0.3) is 11.0 Å². The molecule has 0 unspecified atom stereocenters. The number of hydrogen-bond donors (Lipinski definition) is 1. The van der Waals surface area contributed by atoms with Crippen LogP contribution in [0.4, 0.5) is 5.69 Å². The molecule has 0 radical (unpaired) electrons. The van der Waals surface area contributed by atoms with Gasteiger partial charge in [-0.2, -0.15) is 10.2 Å². The molecule has 0 fully saturated rings. The predicted molar refractivity (Wildman–Crippen MR) is 108 cm³/mol. The maximum atomic E-state index is 12.9. The van der Waals surface area contributed by atoms with Gasteiger partial charge >= 0.3 is 0 Å². The fraction of sp³-hybridized carbons (Fsp3) is 0.238. The van der Waals surface area contributed by atoms with Crippen molar-refractivity contribution >= 4 is 22.6 Å². The molecule has 0 aliphatic heterocycles. The predicted octanol–water partition coefficient (Wildman–Crippen LogP) is 3.28. The third-order valence-electron chi connectivity index (χ3n) is 4.70. The van der Waals surface area contributed by atoms with Gasteiger partial charge in [-0.1, -0.05) is 30.3 Å². The molecular weight excluding hydrogens is 352 g/mol. The van der Waals surface area contributed by atoms with Crippen LogP contribution in [-0.4, -0.2) is 30.5 Å². The van der Waals surface area contributed by atoms with Gasteiger partial charge in [0.15, 0.2) is 5.65 Å². The fourth-order valence-electron chi connectivity index (χ4n) is 3.39. The van der Waals surface area contributed by atoms with Crippen LogP contribution in [0.1, 0.15) is 27.3 Å². The number of hydrogen-bond acceptors (Lipinski definition) is 4. The van der Waals surface area contributed by atoms with Crippen LogP contribution in [0.2, 0.25) is 0 Å². The second-order valence-corrected chi connectivity index (χ2v) is 6.90. The van der Waals surface area contributed by atoms with Gasteiger partial charge in [0.1, 0.15) is 0 Å². The molecule has 1 N–H and O–H groups in total. The highest BCUT2D eigenvalue weighted by atomic mass is 16.1. The van der Waals surface area contributed by atoms with Crippen molar-refractivity contribution in [2.24, 2.45) is 7.05 Å². The van der Waals surface area contributed by atoms with Crippen LogP contribution in [0.3, 0.4) is 0 Å². The molecule has 0 spiro atoms. The van der Waals surface area contributed by atoms with Crippen molar-refractivity contribution in [3.05, 3.63) is 71.3 Å². The standard InChI is InChI=1S/C21H22N6O/c1-14-11-18(19-15(2)25-26(3)20(19)23-14)21(28)24-17-12-22-27(13-17)10-9-16-7-5-4-6-8-16/h4-8,11-13H,9-10H2,1-3H3,(H,24,28). The van der Waals surface area contributed by atoms with E-state index < -0.39 is 0 Å². The van der Waals surface area contributed by atoms with Crippen molar-refractivity contribution in [3.63, 3.8) is 0 Å². The van der Waals surface area contributed by atoms with Gasteiger partial charge in [-0.05, 0) is 31.9 Å². The maximum Gasteiger partial charge on any atom is 0.256 e. The summed E-state index contributed by atoms with van der Waals surface area (Å²) in [4.78, 5) is 17.4. The van der Waals surface area contributed by atoms with E-state index in [4.69, 9.17) is 0 Å². The molecule has 0 aliphatic rings. The Labute approximate surface area is 163 Å². The van der Waals surface area contributed by atoms with Gasteiger partial charge in [-0.15, -0.1) is 0 Å². The number of amides is 1. The number of anilines is 1. The summed E-state index contributed by atoms with van der Waals surface area (Å²) in [7, 11) is 1.83. The molecule has 0 aliphatic carbocycles. The van der Waals surface area contributed by atoms with Gasteiger partial charge in [-0.3, -0.25) is 14.2 Å². The lowest BCUT2D eigenvalue weighted by molar-refractivity contribution is 0.102. The first-order valence-corrected chi connectivity index (χ1v) is 9.20. The van der Waals surface area contributed by atoms with Crippen LogP contribution in [-0.2, 0) is 20.0 Å². The largest absolute Gasteiger partial charge is 0.319 e. The van der Waals surface area contributed by atoms with Crippen LogP contribution in [0, 0.1) is 13.8 Å². The number of aromatic nitrogens is 5. The van der Waals surface area contributed by atoms with E-state index >= 15 is 0 Å². The van der Waals surface area contributed by atoms with Crippen LogP contribution < -0.4 is 5.32 Å². The minimum Gasteiger partial charge on any atom is -0.319 e. The first-order valence-electron chi connectivity index (χ1n) is 9.20. The third-order valence-corrected chi connectivity index (χ3v) is 4.70. The quantitative estimate of drug-likeness (QED) is 0.582. The smallest absolute Gasteiger partial charge is 0.256 e. The van der Waals surface area contributed by atoms with E-state index in [1.807, 2.05) is 50.0 Å². The Morgan fingerprint density at radius 3 is 2.75 bits per heavy atom. The Hall–Kier alpha value is -3.48. The van der Waals surface area contributed by atoms with Crippen molar-refractivity contribution < 1.29 is 4.79 Å². The number of rotatable bonds is 5. The monoisotopic (exact) mass is 374 g/mol. The van der Waals surface area contributed by atoms with Crippen molar-refractivity contribution in [2.75, 3.05) is 5.32 Å². The lowest BCUT2D eigenvalue weighted by atomic mass is 10.1. The van der Waals surface area contributed by atoms with Crippen LogP contribution >= 0.6 is 0 Å². The number of benzene rings is 1. The van der Waals surface area contributed by atoms with Gasteiger partial charge in [-0.25, -0.2) is 4.98 Å². The molecule has 142 valence electrons. The van der Waals surface area contributed by atoms with E-state index in [9.17, 15) is 4.79 Å². The van der Waals surface area contributed by atoms with E-state index in [0.717, 1.165) is 29.7 Å². The second-order valence-electron chi connectivity index (χ2n) is 6.90. The van der Waals surface area contributed by atoms with E-state index in [2.05, 4.69) is 32.6 Å². The molecule has 1 aromatic carbocycles. The average molecular weight is 374 g/mol. The fourth-order valence-corrected chi connectivity index (χ4v) is 3.39. The molecule has 28 heavy (non-hydrogen) atoms. The Morgan fingerprint density at radius 1 is 1.18 bits per heavy atom. The Kier molecular flexibility index (Phi) is 4.65. The zero-order valence-electron chi connectivity index (χ0n) is 16.2. The van der Waals surface area contributed by atoms with Gasteiger partial charge < -0.3 is 5.32 Å². The summed E-state index contributed by atoms with van der Waals surface area (Å²) in [5.41, 5.74) is 4.77. The van der Waals surface area contributed by atoms with Gasteiger partial charge in [0.2, 0.25) is 0 Å². The van der Waals surface area contributed by atoms with Crippen LogP contribution in [0.5, 0.6) is 0 Å². The summed E-state index contributed by atoms with van der Waals surface area (Å²) in [6.45, 7) is 4.51. The van der Waals surface area contributed by atoms with Crippen molar-refractivity contribution in [3.8, 4) is 0 Å². The molecule has 0 saturated carbocycles. The van der Waals surface area contributed by atoms with E-state index in [1.165, 1.54) is 5.56 Å². The highest BCUT2D eigenvalue weighted by Crippen LogP contribution is 2.22.